The predicted octanol–water partition coefficient (Wildman–Crippen LogP) is 5.29. The zero-order valence-electron chi connectivity index (χ0n) is 17.2. The van der Waals surface area contributed by atoms with E-state index in [4.69, 9.17) is 25.8 Å². The van der Waals surface area contributed by atoms with E-state index in [0.29, 0.717) is 5.56 Å². The first-order valence-corrected chi connectivity index (χ1v) is 11.5. The standard InChI is InChI=1S/C22H19BrClNO6S/c1-3-30-19(26)12-31-20-16(24)8-14(9-17(20)29-2)10-18-21(27)25(22(28)32-18)11-13-5-4-6-15(23)7-13/h4-10H,3,11-12H2,1-2H3/b18-10-. The Morgan fingerprint density at radius 3 is 2.72 bits per heavy atom. The highest BCUT2D eigenvalue weighted by atomic mass is 79.9. The van der Waals surface area contributed by atoms with Crippen molar-refractivity contribution in [3.05, 3.63) is 61.9 Å². The number of benzene rings is 2. The van der Waals surface area contributed by atoms with Crippen LogP contribution in [0.4, 0.5) is 4.79 Å². The summed E-state index contributed by atoms with van der Waals surface area (Å²) in [7, 11) is 1.43. The molecule has 0 saturated carbocycles. The Labute approximate surface area is 202 Å². The topological polar surface area (TPSA) is 82.1 Å². The Balaban J connectivity index is 1.80. The molecule has 0 aromatic heterocycles. The van der Waals surface area contributed by atoms with Crippen LogP contribution in [0.15, 0.2) is 45.8 Å². The van der Waals surface area contributed by atoms with Crippen LogP contribution >= 0.6 is 39.3 Å². The Morgan fingerprint density at radius 2 is 2.03 bits per heavy atom. The average Bonchev–Trinajstić information content (AvgIpc) is 3.00. The summed E-state index contributed by atoms with van der Waals surface area (Å²) in [4.78, 5) is 38.2. The SMILES string of the molecule is CCOC(=O)COc1c(Cl)cc(/C=C2\SC(=O)N(Cc3cccc(Br)c3)C2=O)cc1OC. The van der Waals surface area contributed by atoms with Crippen LogP contribution in [0.5, 0.6) is 11.5 Å². The number of thioether (sulfide) groups is 1. The molecule has 168 valence electrons. The summed E-state index contributed by atoms with van der Waals surface area (Å²) in [6.07, 6.45) is 1.56. The minimum absolute atomic E-state index is 0.173. The molecule has 2 aromatic carbocycles. The molecule has 3 rings (SSSR count). The van der Waals surface area contributed by atoms with Crippen LogP contribution in [0.25, 0.3) is 6.08 Å². The van der Waals surface area contributed by atoms with E-state index in [1.54, 1.807) is 25.1 Å². The molecule has 10 heteroatoms. The Bertz CT molecular complexity index is 1090. The molecule has 0 unspecified atom stereocenters. The lowest BCUT2D eigenvalue weighted by atomic mass is 10.1. The summed E-state index contributed by atoms with van der Waals surface area (Å²) in [5, 5.41) is -0.165. The third kappa shape index (κ3) is 5.85. The summed E-state index contributed by atoms with van der Waals surface area (Å²) in [6.45, 7) is 1.78. The molecule has 7 nitrogen and oxygen atoms in total. The van der Waals surface area contributed by atoms with Crippen molar-refractivity contribution >= 4 is 62.5 Å². The first kappa shape index (κ1) is 24.2. The molecule has 0 radical (unpaired) electrons. The molecule has 32 heavy (non-hydrogen) atoms. The monoisotopic (exact) mass is 539 g/mol. The number of amides is 2. The van der Waals surface area contributed by atoms with E-state index >= 15 is 0 Å². The van der Waals surface area contributed by atoms with Crippen LogP contribution in [-0.2, 0) is 20.9 Å². The summed E-state index contributed by atoms with van der Waals surface area (Å²) in [6, 6.07) is 10.6. The number of rotatable bonds is 8. The van der Waals surface area contributed by atoms with Crippen LogP contribution < -0.4 is 9.47 Å². The van der Waals surface area contributed by atoms with Gasteiger partial charge in [0.2, 0.25) is 0 Å². The van der Waals surface area contributed by atoms with E-state index in [1.165, 1.54) is 12.0 Å². The van der Waals surface area contributed by atoms with Gasteiger partial charge in [0.15, 0.2) is 18.1 Å². The number of halogens is 2. The molecule has 1 aliphatic rings. The van der Waals surface area contributed by atoms with E-state index in [2.05, 4.69) is 15.9 Å². The quantitative estimate of drug-likeness (QED) is 0.332. The van der Waals surface area contributed by atoms with Gasteiger partial charge in [0.1, 0.15) is 0 Å². The number of hydrogen-bond acceptors (Lipinski definition) is 7. The number of carbonyl (C=O) groups is 3. The van der Waals surface area contributed by atoms with Gasteiger partial charge < -0.3 is 14.2 Å². The van der Waals surface area contributed by atoms with Gasteiger partial charge >= 0.3 is 5.97 Å². The number of ether oxygens (including phenoxy) is 3. The molecular formula is C22H19BrClNO6S. The maximum absolute atomic E-state index is 12.8. The Kier molecular flexibility index (Phi) is 8.22. The number of carbonyl (C=O) groups excluding carboxylic acids is 3. The van der Waals surface area contributed by atoms with E-state index in [1.807, 2.05) is 24.3 Å². The zero-order valence-corrected chi connectivity index (χ0v) is 20.4. The van der Waals surface area contributed by atoms with E-state index in [9.17, 15) is 14.4 Å². The van der Waals surface area contributed by atoms with Crippen molar-refractivity contribution in [1.29, 1.82) is 0 Å². The lowest BCUT2D eigenvalue weighted by molar-refractivity contribution is -0.145. The van der Waals surface area contributed by atoms with Crippen LogP contribution in [0.1, 0.15) is 18.1 Å². The van der Waals surface area contributed by atoms with Crippen molar-refractivity contribution in [1.82, 2.24) is 4.90 Å². The van der Waals surface area contributed by atoms with E-state index in [0.717, 1.165) is 21.8 Å². The van der Waals surface area contributed by atoms with Crippen molar-refractivity contribution in [2.45, 2.75) is 13.5 Å². The lowest BCUT2D eigenvalue weighted by Crippen LogP contribution is -2.27. The summed E-state index contributed by atoms with van der Waals surface area (Å²) in [5.41, 5.74) is 1.37. The van der Waals surface area contributed by atoms with E-state index in [-0.39, 0.29) is 46.4 Å². The number of nitrogens with zero attached hydrogens (tertiary/aromatic N) is 1. The fraction of sp³-hybridized carbons (Fsp3) is 0.227. The number of methoxy groups -OCH3 is 1. The van der Waals surface area contributed by atoms with E-state index < -0.39 is 11.9 Å². The molecule has 1 aliphatic heterocycles. The molecule has 1 saturated heterocycles. The largest absolute Gasteiger partial charge is 0.493 e. The van der Waals surface area contributed by atoms with Gasteiger partial charge in [-0.1, -0.05) is 39.7 Å². The normalized spacial score (nSPS) is 14.8. The fourth-order valence-corrected chi connectivity index (χ4v) is 4.46. The Hall–Kier alpha value is -2.49. The van der Waals surface area contributed by atoms with Gasteiger partial charge in [-0.05, 0) is 60.2 Å². The van der Waals surface area contributed by atoms with Gasteiger partial charge in [-0.2, -0.15) is 0 Å². The minimum atomic E-state index is -0.534. The molecular weight excluding hydrogens is 522 g/mol. The van der Waals surface area contributed by atoms with Crippen molar-refractivity contribution in [2.75, 3.05) is 20.3 Å². The van der Waals surface area contributed by atoms with Crippen molar-refractivity contribution in [2.24, 2.45) is 0 Å². The average molecular weight is 541 g/mol. The third-order valence-electron chi connectivity index (χ3n) is 4.29. The number of esters is 1. The van der Waals surface area contributed by atoms with Gasteiger partial charge in [-0.15, -0.1) is 0 Å². The summed E-state index contributed by atoms with van der Waals surface area (Å²) < 4.78 is 16.5. The van der Waals surface area contributed by atoms with Crippen LogP contribution in [0.3, 0.4) is 0 Å². The summed E-state index contributed by atoms with van der Waals surface area (Å²) >= 11 is 10.6. The third-order valence-corrected chi connectivity index (χ3v) is 5.97. The maximum Gasteiger partial charge on any atom is 0.344 e. The molecule has 0 bridgehead atoms. The second-order valence-corrected chi connectivity index (χ2v) is 8.84. The van der Waals surface area contributed by atoms with Crippen molar-refractivity contribution in [3.63, 3.8) is 0 Å². The molecule has 2 amide bonds. The highest BCUT2D eigenvalue weighted by Crippen LogP contribution is 2.39. The molecule has 0 spiro atoms. The van der Waals surface area contributed by atoms with Gasteiger partial charge in [-0.3, -0.25) is 14.5 Å². The highest BCUT2D eigenvalue weighted by Gasteiger charge is 2.35. The van der Waals surface area contributed by atoms with Crippen LogP contribution in [0, 0.1) is 0 Å². The highest BCUT2D eigenvalue weighted by molar-refractivity contribution is 9.10. The lowest BCUT2D eigenvalue weighted by Gasteiger charge is -2.13. The smallest absolute Gasteiger partial charge is 0.344 e. The second kappa shape index (κ2) is 10.9. The molecule has 1 fully saturated rings. The van der Waals surface area contributed by atoms with Crippen molar-refractivity contribution < 1.29 is 28.6 Å². The van der Waals surface area contributed by atoms with Crippen LogP contribution in [0.2, 0.25) is 5.02 Å². The van der Waals surface area contributed by atoms with Gasteiger partial charge in [0.25, 0.3) is 11.1 Å². The molecule has 2 aromatic rings. The molecule has 0 aliphatic carbocycles. The maximum atomic E-state index is 12.8. The first-order chi connectivity index (χ1) is 15.3. The van der Waals surface area contributed by atoms with Crippen molar-refractivity contribution in [3.8, 4) is 11.5 Å². The molecule has 0 N–H and O–H groups in total. The molecule has 0 atom stereocenters. The zero-order chi connectivity index (χ0) is 23.3. The van der Waals surface area contributed by atoms with Gasteiger partial charge in [-0.25, -0.2) is 4.79 Å². The molecule has 1 heterocycles. The van der Waals surface area contributed by atoms with Crippen LogP contribution in [-0.4, -0.2) is 42.3 Å². The Morgan fingerprint density at radius 1 is 1.25 bits per heavy atom. The fourth-order valence-electron chi connectivity index (χ4n) is 2.90. The number of hydrogen-bond donors (Lipinski definition) is 0. The first-order valence-electron chi connectivity index (χ1n) is 9.48. The summed E-state index contributed by atoms with van der Waals surface area (Å²) in [5.74, 6) is -0.463. The minimum Gasteiger partial charge on any atom is -0.493 e. The van der Waals surface area contributed by atoms with Gasteiger partial charge in [0.05, 0.1) is 30.2 Å². The number of imide groups is 1. The predicted molar refractivity (Wildman–Crippen MR) is 126 cm³/mol. The van der Waals surface area contributed by atoms with Gasteiger partial charge in [0, 0.05) is 4.47 Å². The second-order valence-electron chi connectivity index (χ2n) is 6.53.